The molecule has 0 atom stereocenters. The number of hydrogen-bond acceptors (Lipinski definition) is 3. The van der Waals surface area contributed by atoms with E-state index in [-0.39, 0.29) is 22.8 Å². The topological polar surface area (TPSA) is 61.4 Å². The summed E-state index contributed by atoms with van der Waals surface area (Å²) in [5, 5.41) is 5.84. The number of thiocarbonyl (C=S) groups is 1. The second kappa shape index (κ2) is 8.24. The molecular weight excluding hydrogens is 322 g/mol. The third-order valence-corrected chi connectivity index (χ3v) is 4.43. The van der Waals surface area contributed by atoms with Gasteiger partial charge in [0.1, 0.15) is 0 Å². The second-order valence-corrected chi connectivity index (χ2v) is 7.06. The van der Waals surface area contributed by atoms with E-state index in [4.69, 9.17) is 12.2 Å². The van der Waals surface area contributed by atoms with Gasteiger partial charge in [0.25, 0.3) is 5.91 Å². The third kappa shape index (κ3) is 5.03. The van der Waals surface area contributed by atoms with Gasteiger partial charge >= 0.3 is 0 Å². The molecule has 5 nitrogen and oxygen atoms in total. The first-order chi connectivity index (χ1) is 11.4. The van der Waals surface area contributed by atoms with Crippen LogP contribution in [0.1, 0.15) is 44.0 Å². The van der Waals surface area contributed by atoms with E-state index in [1.54, 1.807) is 38.1 Å². The maximum atomic E-state index is 12.5. The molecule has 2 amide bonds. The van der Waals surface area contributed by atoms with Crippen molar-refractivity contribution in [3.05, 3.63) is 29.8 Å². The number of amides is 2. The maximum absolute atomic E-state index is 12.5. The molecule has 0 aromatic heterocycles. The highest BCUT2D eigenvalue weighted by atomic mass is 32.1. The van der Waals surface area contributed by atoms with Crippen LogP contribution in [0.5, 0.6) is 0 Å². The van der Waals surface area contributed by atoms with Gasteiger partial charge in [-0.25, -0.2) is 0 Å². The number of hydrogen-bond donors (Lipinski definition) is 2. The van der Waals surface area contributed by atoms with Gasteiger partial charge in [0.2, 0.25) is 5.91 Å². The van der Waals surface area contributed by atoms with Crippen molar-refractivity contribution in [2.24, 2.45) is 11.8 Å². The second-order valence-electron chi connectivity index (χ2n) is 6.65. The quantitative estimate of drug-likeness (QED) is 0.825. The Balaban J connectivity index is 1.91. The van der Waals surface area contributed by atoms with Crippen LogP contribution in [0.15, 0.2) is 24.3 Å². The summed E-state index contributed by atoms with van der Waals surface area (Å²) in [6.45, 7) is 7.49. The van der Waals surface area contributed by atoms with Gasteiger partial charge in [-0.1, -0.05) is 20.8 Å². The first kappa shape index (κ1) is 18.4. The summed E-state index contributed by atoms with van der Waals surface area (Å²) in [5.74, 6) is 0.516. The van der Waals surface area contributed by atoms with Crippen molar-refractivity contribution in [3.8, 4) is 0 Å². The Morgan fingerprint density at radius 1 is 1.17 bits per heavy atom. The van der Waals surface area contributed by atoms with Crippen LogP contribution in [0, 0.1) is 11.8 Å². The summed E-state index contributed by atoms with van der Waals surface area (Å²) in [5.41, 5.74) is 1.42. The Labute approximate surface area is 148 Å². The average molecular weight is 347 g/mol. The number of nitrogens with zero attached hydrogens (tertiary/aromatic N) is 1. The molecule has 0 spiro atoms. The minimum atomic E-state index is -0.128. The van der Waals surface area contributed by atoms with Crippen LogP contribution in [-0.2, 0) is 4.79 Å². The summed E-state index contributed by atoms with van der Waals surface area (Å²) in [6, 6.07) is 7.17. The number of piperidine rings is 1. The zero-order valence-corrected chi connectivity index (χ0v) is 15.3. The van der Waals surface area contributed by atoms with Gasteiger partial charge in [-0.2, -0.15) is 0 Å². The van der Waals surface area contributed by atoms with Crippen LogP contribution < -0.4 is 10.6 Å². The average Bonchev–Trinajstić information content (AvgIpc) is 2.55. The SMILES string of the molecule is CC1CCN(C(=O)c2ccc(NC(=S)NC(=O)C(C)C)cc2)CC1. The van der Waals surface area contributed by atoms with Crippen LogP contribution in [0.4, 0.5) is 5.69 Å². The molecule has 2 N–H and O–H groups in total. The van der Waals surface area contributed by atoms with E-state index < -0.39 is 0 Å². The molecule has 0 bridgehead atoms. The molecule has 6 heteroatoms. The fraction of sp³-hybridized carbons (Fsp3) is 0.500. The van der Waals surface area contributed by atoms with Crippen molar-refractivity contribution in [2.45, 2.75) is 33.6 Å². The molecular formula is C18H25N3O2S. The van der Waals surface area contributed by atoms with Crippen LogP contribution in [-0.4, -0.2) is 34.9 Å². The molecule has 1 fully saturated rings. The summed E-state index contributed by atoms with van der Waals surface area (Å²) in [7, 11) is 0. The van der Waals surface area contributed by atoms with E-state index in [1.165, 1.54) is 0 Å². The maximum Gasteiger partial charge on any atom is 0.253 e. The van der Waals surface area contributed by atoms with Gasteiger partial charge in [-0.05, 0) is 55.2 Å². The van der Waals surface area contributed by atoms with Crippen molar-refractivity contribution in [1.82, 2.24) is 10.2 Å². The first-order valence-corrected chi connectivity index (χ1v) is 8.79. The van der Waals surface area contributed by atoms with Crippen molar-refractivity contribution >= 4 is 34.8 Å². The number of carbonyl (C=O) groups excluding carboxylic acids is 2. The fourth-order valence-electron chi connectivity index (χ4n) is 2.51. The number of carbonyl (C=O) groups is 2. The number of likely N-dealkylation sites (tertiary alicyclic amines) is 1. The summed E-state index contributed by atoms with van der Waals surface area (Å²) < 4.78 is 0. The van der Waals surface area contributed by atoms with Gasteiger partial charge in [-0.3, -0.25) is 9.59 Å². The predicted molar refractivity (Wildman–Crippen MR) is 99.9 cm³/mol. The molecule has 0 aliphatic carbocycles. The van der Waals surface area contributed by atoms with E-state index in [0.717, 1.165) is 31.6 Å². The highest BCUT2D eigenvalue weighted by Gasteiger charge is 2.21. The minimum absolute atomic E-state index is 0.0733. The van der Waals surface area contributed by atoms with E-state index >= 15 is 0 Å². The number of nitrogens with one attached hydrogen (secondary N) is 2. The van der Waals surface area contributed by atoms with Crippen molar-refractivity contribution < 1.29 is 9.59 Å². The van der Waals surface area contributed by atoms with E-state index in [0.29, 0.717) is 11.5 Å². The van der Waals surface area contributed by atoms with Crippen molar-refractivity contribution in [2.75, 3.05) is 18.4 Å². The molecule has 1 heterocycles. The molecule has 130 valence electrons. The Bertz CT molecular complexity index is 605. The van der Waals surface area contributed by atoms with Gasteiger partial charge in [-0.15, -0.1) is 0 Å². The first-order valence-electron chi connectivity index (χ1n) is 8.38. The Hall–Kier alpha value is -1.95. The molecule has 1 aliphatic rings. The van der Waals surface area contributed by atoms with Crippen LogP contribution in [0.2, 0.25) is 0 Å². The smallest absolute Gasteiger partial charge is 0.253 e. The molecule has 24 heavy (non-hydrogen) atoms. The van der Waals surface area contributed by atoms with Gasteiger partial charge < -0.3 is 15.5 Å². The lowest BCUT2D eigenvalue weighted by atomic mass is 9.98. The van der Waals surface area contributed by atoms with Crippen LogP contribution in [0.3, 0.4) is 0 Å². The lowest BCUT2D eigenvalue weighted by Gasteiger charge is -2.30. The largest absolute Gasteiger partial charge is 0.339 e. The molecule has 1 aromatic carbocycles. The van der Waals surface area contributed by atoms with E-state index in [1.807, 2.05) is 4.90 Å². The molecule has 1 aromatic rings. The lowest BCUT2D eigenvalue weighted by molar-refractivity contribution is -0.122. The van der Waals surface area contributed by atoms with Crippen molar-refractivity contribution in [3.63, 3.8) is 0 Å². The zero-order valence-electron chi connectivity index (χ0n) is 14.5. The molecule has 1 saturated heterocycles. The molecule has 0 saturated carbocycles. The number of rotatable bonds is 3. The minimum Gasteiger partial charge on any atom is -0.339 e. The predicted octanol–water partition coefficient (Wildman–Crippen LogP) is 3.03. The monoisotopic (exact) mass is 347 g/mol. The lowest BCUT2D eigenvalue weighted by Crippen LogP contribution is -2.38. The summed E-state index contributed by atoms with van der Waals surface area (Å²) >= 11 is 5.11. The molecule has 0 unspecified atom stereocenters. The van der Waals surface area contributed by atoms with Crippen LogP contribution >= 0.6 is 12.2 Å². The number of anilines is 1. The molecule has 1 aliphatic heterocycles. The highest BCUT2D eigenvalue weighted by molar-refractivity contribution is 7.80. The standard InChI is InChI=1S/C18H25N3O2S/c1-12(2)16(22)20-18(24)19-15-6-4-14(5-7-15)17(23)21-10-8-13(3)9-11-21/h4-7,12-13H,8-11H2,1-3H3,(H2,19,20,22,24). The van der Waals surface area contributed by atoms with Crippen LogP contribution in [0.25, 0.3) is 0 Å². The summed E-state index contributed by atoms with van der Waals surface area (Å²) in [6.07, 6.45) is 2.13. The zero-order chi connectivity index (χ0) is 17.7. The van der Waals surface area contributed by atoms with Gasteiger partial charge in [0.15, 0.2) is 5.11 Å². The Morgan fingerprint density at radius 2 is 1.75 bits per heavy atom. The number of benzene rings is 1. The molecule has 0 radical (unpaired) electrons. The Morgan fingerprint density at radius 3 is 2.29 bits per heavy atom. The van der Waals surface area contributed by atoms with Gasteiger partial charge in [0, 0.05) is 30.3 Å². The van der Waals surface area contributed by atoms with E-state index in [2.05, 4.69) is 17.6 Å². The summed E-state index contributed by atoms with van der Waals surface area (Å²) in [4.78, 5) is 26.0. The van der Waals surface area contributed by atoms with E-state index in [9.17, 15) is 9.59 Å². The van der Waals surface area contributed by atoms with Crippen molar-refractivity contribution in [1.29, 1.82) is 0 Å². The fourth-order valence-corrected chi connectivity index (χ4v) is 2.73. The third-order valence-electron chi connectivity index (χ3n) is 4.22. The van der Waals surface area contributed by atoms with Gasteiger partial charge in [0.05, 0.1) is 0 Å². The molecule has 2 rings (SSSR count). The highest BCUT2D eigenvalue weighted by Crippen LogP contribution is 2.19. The normalized spacial score (nSPS) is 15.2. The Kier molecular flexibility index (Phi) is 6.31.